The Kier molecular flexibility index (Phi) is 10.7. The van der Waals surface area contributed by atoms with Gasteiger partial charge in [-0.2, -0.15) is 5.10 Å². The van der Waals surface area contributed by atoms with Crippen molar-refractivity contribution in [3.8, 4) is 0 Å². The molecule has 0 atom stereocenters. The van der Waals surface area contributed by atoms with Crippen LogP contribution in [-0.4, -0.2) is 58.8 Å². The van der Waals surface area contributed by atoms with Crippen molar-refractivity contribution in [2.75, 3.05) is 26.3 Å². The number of nitrogens with zero attached hydrogens (tertiary/aromatic N) is 2. The van der Waals surface area contributed by atoms with E-state index < -0.39 is 0 Å². The topological polar surface area (TPSA) is 96.5 Å². The maximum Gasteiger partial charge on any atom is 0.338 e. The number of hydrogen-bond donors (Lipinski definition) is 2. The van der Waals surface area contributed by atoms with Crippen LogP contribution in [0.3, 0.4) is 0 Å². The van der Waals surface area contributed by atoms with Crippen LogP contribution in [-0.2, 0) is 29.0 Å². The molecular formula is C28H34Cl2N4O4. The number of carbonyl (C=O) groups excluding carboxylic acids is 2. The lowest BCUT2D eigenvalue weighted by molar-refractivity contribution is 0.0342. The van der Waals surface area contributed by atoms with E-state index in [9.17, 15) is 9.59 Å². The molecule has 8 nitrogen and oxygen atoms in total. The highest BCUT2D eigenvalue weighted by molar-refractivity contribution is 5.95. The van der Waals surface area contributed by atoms with E-state index in [0.29, 0.717) is 44.0 Å². The molecule has 2 heterocycles. The molecule has 0 bridgehead atoms. The second kappa shape index (κ2) is 13.8. The maximum atomic E-state index is 13.8. The summed E-state index contributed by atoms with van der Waals surface area (Å²) in [6.07, 6.45) is 3.15. The van der Waals surface area contributed by atoms with Crippen LogP contribution in [0.15, 0.2) is 60.7 Å². The number of aromatic amines is 1. The molecule has 1 aliphatic heterocycles. The first-order chi connectivity index (χ1) is 17.7. The van der Waals surface area contributed by atoms with Crippen LogP contribution in [0.4, 0.5) is 0 Å². The number of fused-ring (bicyclic) bond motifs is 1. The lowest BCUT2D eigenvalue weighted by Gasteiger charge is -2.32. The molecule has 5 rings (SSSR count). The van der Waals surface area contributed by atoms with Gasteiger partial charge in [-0.25, -0.2) is 4.79 Å². The first-order valence-electron chi connectivity index (χ1n) is 12.6. The summed E-state index contributed by atoms with van der Waals surface area (Å²) in [5.41, 5.74) is 3.73. The Morgan fingerprint density at radius 2 is 1.68 bits per heavy atom. The third-order valence-electron chi connectivity index (χ3n) is 7.03. The largest absolute Gasteiger partial charge is 0.462 e. The highest BCUT2D eigenvalue weighted by Crippen LogP contribution is 2.45. The zero-order valence-electron chi connectivity index (χ0n) is 21.2. The Labute approximate surface area is 235 Å². The average molecular weight is 562 g/mol. The number of hydrogen-bond acceptors (Lipinski definition) is 6. The quantitative estimate of drug-likeness (QED) is 0.267. The second-order valence-corrected chi connectivity index (χ2v) is 9.43. The van der Waals surface area contributed by atoms with Gasteiger partial charge in [0.2, 0.25) is 0 Å². The summed E-state index contributed by atoms with van der Waals surface area (Å²) in [6, 6.07) is 19.0. The van der Waals surface area contributed by atoms with E-state index in [1.807, 2.05) is 53.4 Å². The molecule has 0 saturated heterocycles. The van der Waals surface area contributed by atoms with Crippen molar-refractivity contribution in [3.63, 3.8) is 0 Å². The third-order valence-corrected chi connectivity index (χ3v) is 7.03. The normalized spacial score (nSPS) is 14.8. The summed E-state index contributed by atoms with van der Waals surface area (Å²) < 4.78 is 11.5. The van der Waals surface area contributed by atoms with Crippen molar-refractivity contribution < 1.29 is 19.1 Å². The Hall–Kier alpha value is -2.91. The predicted octanol–water partition coefficient (Wildman–Crippen LogP) is 4.34. The van der Waals surface area contributed by atoms with Crippen LogP contribution < -0.4 is 5.32 Å². The van der Waals surface area contributed by atoms with Gasteiger partial charge in [0.25, 0.3) is 5.91 Å². The number of aromatic nitrogens is 2. The van der Waals surface area contributed by atoms with Crippen molar-refractivity contribution >= 4 is 36.7 Å². The summed E-state index contributed by atoms with van der Waals surface area (Å²) in [4.78, 5) is 28.1. The van der Waals surface area contributed by atoms with E-state index in [2.05, 4.69) is 15.5 Å². The molecule has 10 heteroatoms. The van der Waals surface area contributed by atoms with Crippen LogP contribution >= 0.6 is 24.8 Å². The van der Waals surface area contributed by atoms with Gasteiger partial charge in [-0.15, -0.1) is 24.8 Å². The van der Waals surface area contributed by atoms with Gasteiger partial charge >= 0.3 is 5.97 Å². The monoisotopic (exact) mass is 560 g/mol. The number of rotatable bonds is 11. The Morgan fingerprint density at radius 1 is 0.974 bits per heavy atom. The maximum absolute atomic E-state index is 13.8. The van der Waals surface area contributed by atoms with Gasteiger partial charge in [-0.05, 0) is 30.5 Å². The second-order valence-electron chi connectivity index (χ2n) is 9.43. The molecule has 1 aromatic heterocycles. The van der Waals surface area contributed by atoms with Gasteiger partial charge in [0.1, 0.15) is 0 Å². The Balaban J connectivity index is 0.00000200. The van der Waals surface area contributed by atoms with Gasteiger partial charge in [0.05, 0.1) is 25.4 Å². The molecule has 1 saturated carbocycles. The fraction of sp³-hybridized carbons (Fsp3) is 0.393. The number of ether oxygens (including phenoxy) is 2. The van der Waals surface area contributed by atoms with Crippen LogP contribution in [0, 0.1) is 0 Å². The zero-order valence-corrected chi connectivity index (χ0v) is 22.8. The molecule has 2 aliphatic rings. The predicted molar refractivity (Wildman–Crippen MR) is 149 cm³/mol. The number of nitrogens with one attached hydrogen (secondary N) is 2. The first kappa shape index (κ1) is 29.6. The van der Waals surface area contributed by atoms with Crippen molar-refractivity contribution in [1.82, 2.24) is 20.4 Å². The van der Waals surface area contributed by atoms with Crippen molar-refractivity contribution in [2.45, 2.75) is 44.4 Å². The summed E-state index contributed by atoms with van der Waals surface area (Å²) in [7, 11) is 0. The summed E-state index contributed by atoms with van der Waals surface area (Å²) in [6.45, 7) is 3.11. The summed E-state index contributed by atoms with van der Waals surface area (Å²) >= 11 is 0. The van der Waals surface area contributed by atoms with Gasteiger partial charge in [0.15, 0.2) is 5.69 Å². The van der Waals surface area contributed by atoms with Crippen LogP contribution in [0.5, 0.6) is 0 Å². The molecule has 1 amide bonds. The molecule has 1 fully saturated rings. The fourth-order valence-corrected chi connectivity index (χ4v) is 4.79. The highest BCUT2D eigenvalue weighted by Gasteiger charge is 2.50. The lowest BCUT2D eigenvalue weighted by atomic mass is 10.0. The molecule has 3 aromatic rings. The van der Waals surface area contributed by atoms with Gasteiger partial charge in [-0.3, -0.25) is 9.89 Å². The van der Waals surface area contributed by atoms with E-state index in [4.69, 9.17) is 9.47 Å². The summed E-state index contributed by atoms with van der Waals surface area (Å²) in [5, 5.41) is 10.8. The van der Waals surface area contributed by atoms with E-state index in [1.165, 1.54) is 0 Å². The fourth-order valence-electron chi connectivity index (χ4n) is 4.79. The number of halogens is 2. The Morgan fingerprint density at radius 3 is 2.39 bits per heavy atom. The molecule has 0 radical (unpaired) electrons. The van der Waals surface area contributed by atoms with Crippen LogP contribution in [0.2, 0.25) is 0 Å². The highest BCUT2D eigenvalue weighted by atomic mass is 35.5. The number of amides is 1. The molecule has 1 aliphatic carbocycles. The molecular weight excluding hydrogens is 527 g/mol. The van der Waals surface area contributed by atoms with E-state index in [0.717, 1.165) is 42.6 Å². The minimum atomic E-state index is -0.349. The lowest BCUT2D eigenvalue weighted by Crippen LogP contribution is -2.45. The van der Waals surface area contributed by atoms with E-state index in [-0.39, 0.29) is 48.8 Å². The molecule has 2 aromatic carbocycles. The SMILES string of the molecule is Cl.Cl.O=C(OCCC1(N(CCOCc2ccccc2)C(=O)c2n[nH]c3c2CNCC3)CC1)c1ccccc1. The molecule has 0 unspecified atom stereocenters. The first-order valence-corrected chi connectivity index (χ1v) is 12.6. The molecule has 0 spiro atoms. The molecule has 38 heavy (non-hydrogen) atoms. The molecule has 2 N–H and O–H groups in total. The average Bonchev–Trinajstić information content (AvgIpc) is 3.57. The van der Waals surface area contributed by atoms with Crippen LogP contribution in [0.1, 0.15) is 56.9 Å². The van der Waals surface area contributed by atoms with Crippen molar-refractivity contribution in [2.24, 2.45) is 0 Å². The zero-order chi connectivity index (χ0) is 24.8. The number of H-pyrrole nitrogens is 1. The van der Waals surface area contributed by atoms with Gasteiger partial charge < -0.3 is 19.7 Å². The smallest absolute Gasteiger partial charge is 0.338 e. The van der Waals surface area contributed by atoms with Gasteiger partial charge in [0, 0.05) is 49.3 Å². The minimum absolute atomic E-state index is 0. The third kappa shape index (κ3) is 6.94. The number of carbonyl (C=O) groups is 2. The van der Waals surface area contributed by atoms with E-state index >= 15 is 0 Å². The number of esters is 1. The van der Waals surface area contributed by atoms with E-state index in [1.54, 1.807) is 12.1 Å². The van der Waals surface area contributed by atoms with Crippen molar-refractivity contribution in [3.05, 3.63) is 88.7 Å². The molecule has 204 valence electrons. The minimum Gasteiger partial charge on any atom is -0.462 e. The Bertz CT molecular complexity index is 1190. The summed E-state index contributed by atoms with van der Waals surface area (Å²) in [5.74, 6) is -0.436. The van der Waals surface area contributed by atoms with Crippen molar-refractivity contribution in [1.29, 1.82) is 0 Å². The van der Waals surface area contributed by atoms with Crippen LogP contribution in [0.25, 0.3) is 0 Å². The number of benzene rings is 2. The van der Waals surface area contributed by atoms with Gasteiger partial charge in [-0.1, -0.05) is 48.5 Å². The standard InChI is InChI=1S/C28H32N4O4.2ClH/c33-26(25-23-19-29-15-11-24(23)30-31-25)32(16-18-35-20-21-7-3-1-4-8-21)28(12-13-28)14-17-36-27(34)22-9-5-2-6-10-22;;/h1-10,29H,11-20H2,(H,30,31);2*1H.